The molecular formula is C12H14N4O5. The highest BCUT2D eigenvalue weighted by molar-refractivity contribution is 5.94. The predicted octanol–water partition coefficient (Wildman–Crippen LogP) is -2.57. The van der Waals surface area contributed by atoms with Gasteiger partial charge in [0.15, 0.2) is 5.75 Å². The summed E-state index contributed by atoms with van der Waals surface area (Å²) in [4.78, 5) is 44.8. The van der Waals surface area contributed by atoms with Crippen LogP contribution in [0.5, 0.6) is 5.75 Å². The molecule has 2 rings (SSSR count). The van der Waals surface area contributed by atoms with Crippen LogP contribution < -0.4 is 21.4 Å². The first-order valence-corrected chi connectivity index (χ1v) is 6.12. The quantitative estimate of drug-likeness (QED) is 0.350. The zero-order valence-electron chi connectivity index (χ0n) is 11.1. The van der Waals surface area contributed by atoms with Gasteiger partial charge in [0.25, 0.3) is 5.91 Å². The van der Waals surface area contributed by atoms with Gasteiger partial charge in [0.1, 0.15) is 11.7 Å². The lowest BCUT2D eigenvalue weighted by molar-refractivity contribution is -0.133. The molecule has 0 aliphatic carbocycles. The SMILES string of the molecule is Cn1cc(O)c(=O)cc1C(=O)NCC1NC(=O)C1NC=O. The number of aromatic hydroxyl groups is 1. The molecule has 0 saturated carbocycles. The predicted molar refractivity (Wildman–Crippen MR) is 70.6 cm³/mol. The lowest BCUT2D eigenvalue weighted by Crippen LogP contribution is -2.70. The molecule has 1 aromatic heterocycles. The number of amides is 3. The molecule has 1 aliphatic rings. The Morgan fingerprint density at radius 2 is 2.24 bits per heavy atom. The van der Waals surface area contributed by atoms with Crippen LogP contribution in [0.2, 0.25) is 0 Å². The average molecular weight is 294 g/mol. The number of rotatable bonds is 5. The third-order valence-electron chi connectivity index (χ3n) is 3.19. The standard InChI is InChI=1S/C12H14N4O5/c1-16-4-9(19)8(18)2-7(16)11(20)13-3-6-10(14-5-17)12(21)15-6/h2,4-6,10,19H,3H2,1H3,(H,13,20)(H,14,17)(H,15,21). The lowest BCUT2D eigenvalue weighted by atomic mass is 9.99. The van der Waals surface area contributed by atoms with Gasteiger partial charge in [-0.05, 0) is 0 Å². The van der Waals surface area contributed by atoms with Crippen LogP contribution in [0.4, 0.5) is 0 Å². The molecule has 2 atom stereocenters. The Morgan fingerprint density at radius 3 is 2.86 bits per heavy atom. The van der Waals surface area contributed by atoms with Crippen LogP contribution in [0, 0.1) is 0 Å². The van der Waals surface area contributed by atoms with Crippen molar-refractivity contribution in [2.75, 3.05) is 6.54 Å². The summed E-state index contributed by atoms with van der Waals surface area (Å²) in [5, 5.41) is 16.7. The first kappa shape index (κ1) is 14.6. The molecule has 2 unspecified atom stereocenters. The summed E-state index contributed by atoms with van der Waals surface area (Å²) in [6, 6.07) is -0.0576. The van der Waals surface area contributed by atoms with Gasteiger partial charge >= 0.3 is 0 Å². The molecule has 4 N–H and O–H groups in total. The number of carbonyl (C=O) groups excluding carboxylic acids is 3. The van der Waals surface area contributed by atoms with Gasteiger partial charge in [-0.15, -0.1) is 0 Å². The minimum Gasteiger partial charge on any atom is -0.503 e. The van der Waals surface area contributed by atoms with Crippen LogP contribution >= 0.6 is 0 Å². The van der Waals surface area contributed by atoms with Crippen molar-refractivity contribution in [2.24, 2.45) is 7.05 Å². The van der Waals surface area contributed by atoms with E-state index in [2.05, 4.69) is 16.0 Å². The first-order chi connectivity index (χ1) is 9.93. The van der Waals surface area contributed by atoms with Crippen LogP contribution in [-0.2, 0) is 16.6 Å². The van der Waals surface area contributed by atoms with Crippen LogP contribution in [0.25, 0.3) is 0 Å². The number of aromatic nitrogens is 1. The van der Waals surface area contributed by atoms with E-state index in [9.17, 15) is 24.3 Å². The second kappa shape index (κ2) is 5.65. The maximum absolute atomic E-state index is 12.0. The summed E-state index contributed by atoms with van der Waals surface area (Å²) in [6.45, 7) is 0.102. The number of β-lactam (4-membered cyclic amide) rings is 1. The molecule has 1 aromatic rings. The van der Waals surface area contributed by atoms with E-state index in [0.717, 1.165) is 12.3 Å². The average Bonchev–Trinajstić information content (AvgIpc) is 2.44. The number of nitrogens with one attached hydrogen (secondary N) is 3. The molecule has 0 aromatic carbocycles. The van der Waals surface area contributed by atoms with Crippen molar-refractivity contribution in [1.29, 1.82) is 0 Å². The van der Waals surface area contributed by atoms with Crippen molar-refractivity contribution in [3.05, 3.63) is 28.2 Å². The summed E-state index contributed by atoms with van der Waals surface area (Å²) >= 11 is 0. The molecule has 3 amide bonds. The highest BCUT2D eigenvalue weighted by Gasteiger charge is 2.38. The fourth-order valence-corrected chi connectivity index (χ4v) is 2.01. The van der Waals surface area contributed by atoms with Crippen LogP contribution in [0.3, 0.4) is 0 Å². The van der Waals surface area contributed by atoms with Gasteiger partial charge in [-0.3, -0.25) is 19.2 Å². The Balaban J connectivity index is 2.00. The monoisotopic (exact) mass is 294 g/mol. The van der Waals surface area contributed by atoms with Gasteiger partial charge in [0, 0.05) is 19.7 Å². The van der Waals surface area contributed by atoms with E-state index < -0.39 is 29.2 Å². The molecular weight excluding hydrogens is 280 g/mol. The first-order valence-electron chi connectivity index (χ1n) is 6.12. The number of nitrogens with zero attached hydrogens (tertiary/aromatic N) is 1. The fourth-order valence-electron chi connectivity index (χ4n) is 2.01. The molecule has 0 radical (unpaired) electrons. The van der Waals surface area contributed by atoms with Crippen LogP contribution in [-0.4, -0.2) is 46.5 Å². The van der Waals surface area contributed by atoms with Gasteiger partial charge < -0.3 is 25.6 Å². The summed E-state index contributed by atoms with van der Waals surface area (Å²) in [5.74, 6) is -1.30. The molecule has 1 saturated heterocycles. The van der Waals surface area contributed by atoms with E-state index in [0.29, 0.717) is 6.41 Å². The topological polar surface area (TPSA) is 130 Å². The molecule has 9 nitrogen and oxygen atoms in total. The summed E-state index contributed by atoms with van der Waals surface area (Å²) in [7, 11) is 1.51. The maximum Gasteiger partial charge on any atom is 0.268 e. The van der Waals surface area contributed by atoms with E-state index in [1.807, 2.05) is 0 Å². The number of carbonyl (C=O) groups is 3. The highest BCUT2D eigenvalue weighted by atomic mass is 16.3. The van der Waals surface area contributed by atoms with Gasteiger partial charge in [-0.25, -0.2) is 0 Å². The number of aryl methyl sites for hydroxylation is 1. The van der Waals surface area contributed by atoms with Crippen molar-refractivity contribution >= 4 is 18.2 Å². The van der Waals surface area contributed by atoms with Crippen molar-refractivity contribution in [3.8, 4) is 5.75 Å². The van der Waals surface area contributed by atoms with Crippen LogP contribution in [0.15, 0.2) is 17.1 Å². The second-order valence-corrected chi connectivity index (χ2v) is 4.61. The van der Waals surface area contributed by atoms with Crippen molar-refractivity contribution < 1.29 is 19.5 Å². The Hall–Kier alpha value is -2.84. The fraction of sp³-hybridized carbons (Fsp3) is 0.333. The van der Waals surface area contributed by atoms with E-state index in [4.69, 9.17) is 0 Å². The molecule has 2 heterocycles. The van der Waals surface area contributed by atoms with Gasteiger partial charge in [-0.2, -0.15) is 0 Å². The van der Waals surface area contributed by atoms with Crippen molar-refractivity contribution in [2.45, 2.75) is 12.1 Å². The third kappa shape index (κ3) is 2.86. The summed E-state index contributed by atoms with van der Waals surface area (Å²) < 4.78 is 1.31. The Bertz CT molecular complexity index is 654. The molecule has 1 fully saturated rings. The zero-order valence-corrected chi connectivity index (χ0v) is 11.1. The molecule has 9 heteroatoms. The summed E-state index contributed by atoms with van der Waals surface area (Å²) in [5.41, 5.74) is -0.584. The molecule has 21 heavy (non-hydrogen) atoms. The molecule has 0 bridgehead atoms. The third-order valence-corrected chi connectivity index (χ3v) is 3.19. The lowest BCUT2D eigenvalue weighted by Gasteiger charge is -2.36. The van der Waals surface area contributed by atoms with Crippen molar-refractivity contribution in [1.82, 2.24) is 20.5 Å². The van der Waals surface area contributed by atoms with E-state index in [1.165, 1.54) is 11.6 Å². The van der Waals surface area contributed by atoms with Gasteiger partial charge in [-0.1, -0.05) is 0 Å². The zero-order chi connectivity index (χ0) is 15.6. The largest absolute Gasteiger partial charge is 0.503 e. The minimum atomic E-state index is -0.675. The number of hydrogen-bond acceptors (Lipinski definition) is 5. The van der Waals surface area contributed by atoms with Gasteiger partial charge in [0.05, 0.1) is 12.2 Å². The number of hydrogen-bond donors (Lipinski definition) is 4. The molecule has 0 spiro atoms. The number of pyridine rings is 1. The smallest absolute Gasteiger partial charge is 0.268 e. The van der Waals surface area contributed by atoms with E-state index in [1.54, 1.807) is 0 Å². The second-order valence-electron chi connectivity index (χ2n) is 4.61. The molecule has 112 valence electrons. The summed E-state index contributed by atoms with van der Waals surface area (Å²) in [6.07, 6.45) is 1.56. The van der Waals surface area contributed by atoms with E-state index in [-0.39, 0.29) is 18.1 Å². The molecule has 1 aliphatic heterocycles. The van der Waals surface area contributed by atoms with E-state index >= 15 is 0 Å². The minimum absolute atomic E-state index is 0.0725. The Morgan fingerprint density at radius 1 is 1.52 bits per heavy atom. The van der Waals surface area contributed by atoms with Gasteiger partial charge in [0.2, 0.25) is 17.7 Å². The maximum atomic E-state index is 12.0. The Labute approximate surface area is 118 Å². The normalized spacial score (nSPS) is 20.1. The van der Waals surface area contributed by atoms with Crippen LogP contribution in [0.1, 0.15) is 10.5 Å². The highest BCUT2D eigenvalue weighted by Crippen LogP contribution is 2.06. The Kier molecular flexibility index (Phi) is 3.92. The van der Waals surface area contributed by atoms with Crippen molar-refractivity contribution in [3.63, 3.8) is 0 Å².